The molecule has 4 nitrogen and oxygen atoms in total. The van der Waals surface area contributed by atoms with Crippen molar-refractivity contribution < 1.29 is 9.90 Å². The van der Waals surface area contributed by atoms with E-state index < -0.39 is 0 Å². The van der Waals surface area contributed by atoms with Gasteiger partial charge in [-0.2, -0.15) is 0 Å². The number of likely N-dealkylation sites (tertiary alicyclic amines) is 1. The van der Waals surface area contributed by atoms with E-state index in [-0.39, 0.29) is 18.1 Å². The fraction of sp³-hybridized carbons (Fsp3) is 0.417. The van der Waals surface area contributed by atoms with Gasteiger partial charge in [0.2, 0.25) is 5.91 Å². The van der Waals surface area contributed by atoms with Crippen molar-refractivity contribution in [2.75, 3.05) is 18.4 Å². The van der Waals surface area contributed by atoms with Gasteiger partial charge in [-0.05, 0) is 19.1 Å². The van der Waals surface area contributed by atoms with E-state index in [1.165, 1.54) is 0 Å². The van der Waals surface area contributed by atoms with Crippen LogP contribution in [0.25, 0.3) is 0 Å². The van der Waals surface area contributed by atoms with Crippen molar-refractivity contribution in [3.8, 4) is 0 Å². The topological polar surface area (TPSA) is 52.6 Å². The lowest BCUT2D eigenvalue weighted by Gasteiger charge is -2.39. The molecule has 1 aromatic rings. The monoisotopic (exact) mass is 220 g/mol. The van der Waals surface area contributed by atoms with E-state index in [9.17, 15) is 4.79 Å². The van der Waals surface area contributed by atoms with Crippen molar-refractivity contribution in [1.82, 2.24) is 4.90 Å². The molecule has 1 aliphatic heterocycles. The largest absolute Gasteiger partial charge is 0.390 e. The first-order chi connectivity index (χ1) is 7.66. The molecule has 0 aliphatic carbocycles. The molecule has 1 saturated heterocycles. The molecule has 16 heavy (non-hydrogen) atoms. The molecular weight excluding hydrogens is 204 g/mol. The Morgan fingerprint density at radius 2 is 2.06 bits per heavy atom. The molecule has 0 aromatic heterocycles. The standard InChI is InChI=1S/C12H16N2O2/c1-9(14-7-11(15)8-14)12(16)13-10-5-3-2-4-6-10/h2-6,9,11,15H,7-8H2,1H3,(H,13,16). The number of carbonyl (C=O) groups is 1. The van der Waals surface area contributed by atoms with Crippen molar-refractivity contribution in [3.63, 3.8) is 0 Å². The average molecular weight is 220 g/mol. The normalized spacial score (nSPS) is 18.9. The minimum atomic E-state index is -0.271. The van der Waals surface area contributed by atoms with E-state index in [0.717, 1.165) is 5.69 Å². The molecule has 1 atom stereocenters. The number of para-hydroxylation sites is 1. The number of hydrogen-bond donors (Lipinski definition) is 2. The van der Waals surface area contributed by atoms with Gasteiger partial charge in [-0.25, -0.2) is 0 Å². The summed E-state index contributed by atoms with van der Waals surface area (Å²) >= 11 is 0. The summed E-state index contributed by atoms with van der Waals surface area (Å²) in [5, 5.41) is 12.0. The zero-order valence-electron chi connectivity index (χ0n) is 9.26. The molecule has 4 heteroatoms. The van der Waals surface area contributed by atoms with E-state index >= 15 is 0 Å². The average Bonchev–Trinajstić information content (AvgIpc) is 2.25. The van der Waals surface area contributed by atoms with Gasteiger partial charge in [0.15, 0.2) is 0 Å². The van der Waals surface area contributed by atoms with Gasteiger partial charge in [-0.1, -0.05) is 18.2 Å². The summed E-state index contributed by atoms with van der Waals surface area (Å²) in [6, 6.07) is 9.20. The molecule has 86 valence electrons. The number of β-amino-alcohol motifs (C(OH)–C–C–N with tert-alkyl or cyclic N) is 1. The quantitative estimate of drug-likeness (QED) is 0.788. The molecule has 0 radical (unpaired) electrons. The highest BCUT2D eigenvalue weighted by atomic mass is 16.3. The Morgan fingerprint density at radius 1 is 1.44 bits per heavy atom. The Kier molecular flexibility index (Phi) is 3.22. The highest BCUT2D eigenvalue weighted by Crippen LogP contribution is 2.14. The molecule has 0 spiro atoms. The zero-order chi connectivity index (χ0) is 11.5. The maximum absolute atomic E-state index is 11.8. The van der Waals surface area contributed by atoms with Crippen LogP contribution in [0.4, 0.5) is 5.69 Å². The molecule has 1 fully saturated rings. The number of nitrogens with zero attached hydrogens (tertiary/aromatic N) is 1. The van der Waals surface area contributed by atoms with Crippen LogP contribution in [0.3, 0.4) is 0 Å². The second kappa shape index (κ2) is 4.63. The predicted octanol–water partition coefficient (Wildman–Crippen LogP) is 0.690. The second-order valence-electron chi connectivity index (χ2n) is 4.14. The molecule has 1 aromatic carbocycles. The summed E-state index contributed by atoms with van der Waals surface area (Å²) in [5.74, 6) is -0.0295. The van der Waals surface area contributed by atoms with Crippen molar-refractivity contribution in [2.45, 2.75) is 19.1 Å². The fourth-order valence-corrected chi connectivity index (χ4v) is 1.74. The molecule has 2 N–H and O–H groups in total. The van der Waals surface area contributed by atoms with Gasteiger partial charge < -0.3 is 10.4 Å². The van der Waals surface area contributed by atoms with E-state index in [4.69, 9.17) is 5.11 Å². The molecule has 1 unspecified atom stereocenters. The maximum Gasteiger partial charge on any atom is 0.241 e. The van der Waals surface area contributed by atoms with Crippen LogP contribution in [0, 0.1) is 0 Å². The number of hydrogen-bond acceptors (Lipinski definition) is 3. The summed E-state index contributed by atoms with van der Waals surface area (Å²) in [4.78, 5) is 13.8. The summed E-state index contributed by atoms with van der Waals surface area (Å²) < 4.78 is 0. The Morgan fingerprint density at radius 3 is 2.62 bits per heavy atom. The van der Waals surface area contributed by atoms with Crippen LogP contribution < -0.4 is 5.32 Å². The lowest BCUT2D eigenvalue weighted by atomic mass is 10.1. The van der Waals surface area contributed by atoms with Gasteiger partial charge in [-0.15, -0.1) is 0 Å². The highest BCUT2D eigenvalue weighted by Gasteiger charge is 2.31. The van der Waals surface area contributed by atoms with Gasteiger partial charge in [0, 0.05) is 18.8 Å². The van der Waals surface area contributed by atoms with Crippen LogP contribution in [0.2, 0.25) is 0 Å². The molecule has 0 saturated carbocycles. The molecule has 1 heterocycles. The lowest BCUT2D eigenvalue weighted by molar-refractivity contribution is -0.125. The zero-order valence-corrected chi connectivity index (χ0v) is 9.26. The number of amides is 1. The summed E-state index contributed by atoms with van der Waals surface area (Å²) in [5.41, 5.74) is 0.806. The molecule has 1 aliphatic rings. The number of carbonyl (C=O) groups excluding carboxylic acids is 1. The van der Waals surface area contributed by atoms with Crippen molar-refractivity contribution in [2.24, 2.45) is 0 Å². The minimum absolute atomic E-state index is 0.0295. The lowest BCUT2D eigenvalue weighted by Crippen LogP contribution is -2.57. The van der Waals surface area contributed by atoms with Crippen LogP contribution in [-0.4, -0.2) is 41.1 Å². The summed E-state index contributed by atoms with van der Waals surface area (Å²) in [6.07, 6.45) is -0.271. The molecular formula is C12H16N2O2. The first-order valence-corrected chi connectivity index (χ1v) is 5.45. The first-order valence-electron chi connectivity index (χ1n) is 5.45. The predicted molar refractivity (Wildman–Crippen MR) is 62.1 cm³/mol. The summed E-state index contributed by atoms with van der Waals surface area (Å²) in [6.45, 7) is 3.02. The Balaban J connectivity index is 1.88. The van der Waals surface area contributed by atoms with Crippen LogP contribution in [-0.2, 0) is 4.79 Å². The number of aliphatic hydroxyl groups is 1. The third kappa shape index (κ3) is 2.40. The van der Waals surface area contributed by atoms with E-state index in [1.807, 2.05) is 42.2 Å². The van der Waals surface area contributed by atoms with E-state index in [2.05, 4.69) is 5.32 Å². The molecule has 1 amide bonds. The van der Waals surface area contributed by atoms with Crippen LogP contribution in [0.1, 0.15) is 6.92 Å². The van der Waals surface area contributed by atoms with Crippen molar-refractivity contribution in [1.29, 1.82) is 0 Å². The van der Waals surface area contributed by atoms with E-state index in [1.54, 1.807) is 0 Å². The highest BCUT2D eigenvalue weighted by molar-refractivity contribution is 5.94. The SMILES string of the molecule is CC(C(=O)Nc1ccccc1)N1CC(O)C1. The maximum atomic E-state index is 11.8. The van der Waals surface area contributed by atoms with Gasteiger partial charge >= 0.3 is 0 Å². The third-order valence-corrected chi connectivity index (χ3v) is 2.86. The van der Waals surface area contributed by atoms with Crippen LogP contribution >= 0.6 is 0 Å². The van der Waals surface area contributed by atoms with Gasteiger partial charge in [-0.3, -0.25) is 9.69 Å². The minimum Gasteiger partial charge on any atom is -0.390 e. The summed E-state index contributed by atoms with van der Waals surface area (Å²) in [7, 11) is 0. The van der Waals surface area contributed by atoms with Gasteiger partial charge in [0.05, 0.1) is 12.1 Å². The van der Waals surface area contributed by atoms with Crippen LogP contribution in [0.15, 0.2) is 30.3 Å². The Bertz CT molecular complexity index is 361. The van der Waals surface area contributed by atoms with Crippen molar-refractivity contribution in [3.05, 3.63) is 30.3 Å². The Labute approximate surface area is 94.9 Å². The van der Waals surface area contributed by atoms with Crippen LogP contribution in [0.5, 0.6) is 0 Å². The van der Waals surface area contributed by atoms with Gasteiger partial charge in [0.1, 0.15) is 0 Å². The van der Waals surface area contributed by atoms with Gasteiger partial charge in [0.25, 0.3) is 0 Å². The third-order valence-electron chi connectivity index (χ3n) is 2.86. The first kappa shape index (κ1) is 11.1. The number of aliphatic hydroxyl groups excluding tert-OH is 1. The van der Waals surface area contributed by atoms with E-state index in [0.29, 0.717) is 13.1 Å². The number of anilines is 1. The fourth-order valence-electron chi connectivity index (χ4n) is 1.74. The smallest absolute Gasteiger partial charge is 0.241 e. The number of benzene rings is 1. The molecule has 2 rings (SSSR count). The number of rotatable bonds is 3. The second-order valence-corrected chi connectivity index (χ2v) is 4.14. The Hall–Kier alpha value is -1.39. The van der Waals surface area contributed by atoms with Crippen molar-refractivity contribution >= 4 is 11.6 Å². The number of nitrogens with one attached hydrogen (secondary N) is 1. The molecule has 0 bridgehead atoms.